The lowest BCUT2D eigenvalue weighted by Gasteiger charge is -2.03. The molecule has 3 nitrogen and oxygen atoms in total. The third kappa shape index (κ3) is 3.09. The Labute approximate surface area is 129 Å². The lowest BCUT2D eigenvalue weighted by molar-refractivity contribution is 0.0938. The Morgan fingerprint density at radius 2 is 2.00 bits per heavy atom. The van der Waals surface area contributed by atoms with Crippen LogP contribution in [-0.4, -0.2) is 16.3 Å². The van der Waals surface area contributed by atoms with E-state index in [1.54, 1.807) is 48.5 Å². The predicted molar refractivity (Wildman–Crippen MR) is 80.5 cm³/mol. The Bertz CT molecular complexity index is 791. The number of hydrogen-bond acceptors (Lipinski definition) is 4. The standard InChI is InChI=1S/C15H9ClFNO2S/c16-10-6-7-12-11(8-10)18-15(20-12)21-14(17)13(19)9-4-2-1-3-5-9/h1-8,14H. The highest BCUT2D eigenvalue weighted by atomic mass is 35.5. The number of thioether (sulfide) groups is 1. The number of alkyl halides is 1. The Morgan fingerprint density at radius 3 is 2.76 bits per heavy atom. The van der Waals surface area contributed by atoms with Crippen LogP contribution in [0.5, 0.6) is 0 Å². The van der Waals surface area contributed by atoms with Crippen molar-refractivity contribution in [2.75, 3.05) is 0 Å². The number of nitrogens with zero attached hydrogens (tertiary/aromatic N) is 1. The van der Waals surface area contributed by atoms with Gasteiger partial charge in [0.05, 0.1) is 0 Å². The molecule has 2 aromatic carbocycles. The van der Waals surface area contributed by atoms with Gasteiger partial charge in [-0.1, -0.05) is 41.9 Å². The van der Waals surface area contributed by atoms with Crippen molar-refractivity contribution < 1.29 is 13.6 Å². The van der Waals surface area contributed by atoms with Crippen LogP contribution in [0.15, 0.2) is 58.2 Å². The zero-order chi connectivity index (χ0) is 14.8. The zero-order valence-corrected chi connectivity index (χ0v) is 12.2. The van der Waals surface area contributed by atoms with E-state index in [-0.39, 0.29) is 5.22 Å². The van der Waals surface area contributed by atoms with E-state index in [9.17, 15) is 9.18 Å². The number of aromatic nitrogens is 1. The number of carbonyl (C=O) groups excluding carboxylic acids is 1. The summed E-state index contributed by atoms with van der Waals surface area (Å²) in [6.07, 6.45) is 0. The van der Waals surface area contributed by atoms with E-state index in [2.05, 4.69) is 4.98 Å². The van der Waals surface area contributed by atoms with Crippen molar-refractivity contribution in [3.05, 3.63) is 59.1 Å². The molecule has 1 heterocycles. The molecular weight excluding hydrogens is 313 g/mol. The molecule has 1 unspecified atom stereocenters. The number of oxazole rings is 1. The van der Waals surface area contributed by atoms with E-state index >= 15 is 0 Å². The molecule has 0 saturated heterocycles. The van der Waals surface area contributed by atoms with Crippen LogP contribution >= 0.6 is 23.4 Å². The van der Waals surface area contributed by atoms with Crippen LogP contribution < -0.4 is 0 Å². The minimum atomic E-state index is -1.77. The number of Topliss-reactive ketones (excluding diaryl/α,β-unsaturated/α-hetero) is 1. The molecule has 0 amide bonds. The molecular formula is C15H9ClFNO2S. The smallest absolute Gasteiger partial charge is 0.260 e. The van der Waals surface area contributed by atoms with Gasteiger partial charge in [0.2, 0.25) is 11.3 Å². The van der Waals surface area contributed by atoms with Gasteiger partial charge in [-0.05, 0) is 30.0 Å². The third-order valence-corrected chi connectivity index (χ3v) is 3.83. The summed E-state index contributed by atoms with van der Waals surface area (Å²) in [6.45, 7) is 0. The summed E-state index contributed by atoms with van der Waals surface area (Å²) < 4.78 is 19.4. The number of rotatable bonds is 4. The molecule has 6 heteroatoms. The van der Waals surface area contributed by atoms with Crippen LogP contribution in [-0.2, 0) is 0 Å². The molecule has 0 bridgehead atoms. The molecule has 0 aliphatic rings. The van der Waals surface area contributed by atoms with Gasteiger partial charge < -0.3 is 4.42 Å². The number of carbonyl (C=O) groups is 1. The highest BCUT2D eigenvalue weighted by Gasteiger charge is 2.23. The fourth-order valence-corrected chi connectivity index (χ4v) is 2.68. The maximum Gasteiger partial charge on any atom is 0.260 e. The first kappa shape index (κ1) is 14.1. The van der Waals surface area contributed by atoms with E-state index in [1.807, 2.05) is 0 Å². The van der Waals surface area contributed by atoms with Gasteiger partial charge in [-0.15, -0.1) is 0 Å². The first-order valence-electron chi connectivity index (χ1n) is 6.09. The van der Waals surface area contributed by atoms with Gasteiger partial charge in [0, 0.05) is 10.6 Å². The van der Waals surface area contributed by atoms with Crippen LogP contribution in [0.3, 0.4) is 0 Å². The lowest BCUT2D eigenvalue weighted by Crippen LogP contribution is -2.11. The van der Waals surface area contributed by atoms with Gasteiger partial charge in [-0.2, -0.15) is 0 Å². The fourth-order valence-electron chi connectivity index (χ4n) is 1.81. The molecule has 1 aromatic heterocycles. The maximum atomic E-state index is 14.1. The van der Waals surface area contributed by atoms with Gasteiger partial charge in [0.1, 0.15) is 5.52 Å². The van der Waals surface area contributed by atoms with Crippen LogP contribution in [0.2, 0.25) is 5.02 Å². The van der Waals surface area contributed by atoms with Crippen molar-refractivity contribution in [3.8, 4) is 0 Å². The molecule has 3 aromatic rings. The summed E-state index contributed by atoms with van der Waals surface area (Å²) in [7, 11) is 0. The first-order chi connectivity index (χ1) is 10.1. The Hall–Kier alpha value is -1.85. The number of benzene rings is 2. The summed E-state index contributed by atoms with van der Waals surface area (Å²) >= 11 is 6.49. The Morgan fingerprint density at radius 1 is 1.24 bits per heavy atom. The van der Waals surface area contributed by atoms with Crippen molar-refractivity contribution >= 4 is 40.2 Å². The molecule has 1 atom stereocenters. The average Bonchev–Trinajstić information content (AvgIpc) is 2.88. The minimum absolute atomic E-state index is 0.101. The molecule has 0 N–H and O–H groups in total. The van der Waals surface area contributed by atoms with Crippen molar-refractivity contribution in [2.45, 2.75) is 10.7 Å². The number of halogens is 2. The normalized spacial score (nSPS) is 12.5. The molecule has 106 valence electrons. The van der Waals surface area contributed by atoms with Gasteiger partial charge >= 0.3 is 0 Å². The molecule has 0 aliphatic heterocycles. The zero-order valence-electron chi connectivity index (χ0n) is 10.6. The van der Waals surface area contributed by atoms with Crippen molar-refractivity contribution in [3.63, 3.8) is 0 Å². The predicted octanol–water partition coefficient (Wildman–Crippen LogP) is 4.75. The minimum Gasteiger partial charge on any atom is -0.431 e. The van der Waals surface area contributed by atoms with Gasteiger partial charge in [-0.25, -0.2) is 9.37 Å². The molecule has 3 rings (SSSR count). The van der Waals surface area contributed by atoms with Crippen LogP contribution in [0.4, 0.5) is 4.39 Å². The molecule has 21 heavy (non-hydrogen) atoms. The second-order valence-corrected chi connectivity index (χ2v) is 5.69. The Kier molecular flexibility index (Phi) is 3.94. The second kappa shape index (κ2) is 5.87. The highest BCUT2D eigenvalue weighted by molar-refractivity contribution is 8.00. The monoisotopic (exact) mass is 321 g/mol. The summed E-state index contributed by atoms with van der Waals surface area (Å²) in [6, 6.07) is 13.2. The van der Waals surface area contributed by atoms with Crippen LogP contribution in [0.1, 0.15) is 10.4 Å². The molecule has 0 aliphatic carbocycles. The van der Waals surface area contributed by atoms with Crippen molar-refractivity contribution in [2.24, 2.45) is 0 Å². The van der Waals surface area contributed by atoms with E-state index < -0.39 is 11.3 Å². The molecule has 0 radical (unpaired) electrons. The largest absolute Gasteiger partial charge is 0.431 e. The average molecular weight is 322 g/mol. The second-order valence-electron chi connectivity index (χ2n) is 4.26. The van der Waals surface area contributed by atoms with Crippen molar-refractivity contribution in [1.82, 2.24) is 4.98 Å². The van der Waals surface area contributed by atoms with E-state index in [4.69, 9.17) is 16.0 Å². The maximum absolute atomic E-state index is 14.1. The lowest BCUT2D eigenvalue weighted by atomic mass is 10.1. The first-order valence-corrected chi connectivity index (χ1v) is 7.35. The van der Waals surface area contributed by atoms with Gasteiger partial charge in [-0.3, -0.25) is 4.79 Å². The quantitative estimate of drug-likeness (QED) is 0.513. The number of ketones is 1. The third-order valence-electron chi connectivity index (χ3n) is 2.80. The number of fused-ring (bicyclic) bond motifs is 1. The van der Waals surface area contributed by atoms with E-state index in [0.29, 0.717) is 33.4 Å². The van der Waals surface area contributed by atoms with Crippen LogP contribution in [0.25, 0.3) is 11.1 Å². The summed E-state index contributed by atoms with van der Waals surface area (Å²) in [5, 5.41) is 0.619. The topological polar surface area (TPSA) is 43.1 Å². The highest BCUT2D eigenvalue weighted by Crippen LogP contribution is 2.30. The molecule has 0 fully saturated rings. The molecule has 0 spiro atoms. The van der Waals surface area contributed by atoms with Crippen LogP contribution in [0, 0.1) is 0 Å². The molecule has 0 saturated carbocycles. The van der Waals surface area contributed by atoms with Gasteiger partial charge in [0.25, 0.3) is 5.22 Å². The Balaban J connectivity index is 1.80. The van der Waals surface area contributed by atoms with Gasteiger partial charge in [0.15, 0.2) is 5.58 Å². The fraction of sp³-hybridized carbons (Fsp3) is 0.0667. The summed E-state index contributed by atoms with van der Waals surface area (Å²) in [5.74, 6) is -0.610. The van der Waals surface area contributed by atoms with E-state index in [0.717, 1.165) is 0 Å². The SMILES string of the molecule is O=C(c1ccccc1)C(F)Sc1nc2cc(Cl)ccc2o1. The summed E-state index contributed by atoms with van der Waals surface area (Å²) in [5.41, 5.74) is -0.418. The number of hydrogen-bond donors (Lipinski definition) is 0. The van der Waals surface area contributed by atoms with E-state index in [1.165, 1.54) is 0 Å². The summed E-state index contributed by atoms with van der Waals surface area (Å²) in [4.78, 5) is 16.0. The van der Waals surface area contributed by atoms with Crippen molar-refractivity contribution in [1.29, 1.82) is 0 Å².